The maximum Gasteiger partial charge on any atom is 0.416 e. The number of benzene rings is 2. The highest BCUT2D eigenvalue weighted by Gasteiger charge is 2.31. The first-order chi connectivity index (χ1) is 16.7. The van der Waals surface area contributed by atoms with Crippen molar-refractivity contribution < 1.29 is 22.8 Å². The minimum Gasteiger partial charge on any atom is -0.321 e. The van der Waals surface area contributed by atoms with E-state index in [4.69, 9.17) is 0 Å². The summed E-state index contributed by atoms with van der Waals surface area (Å²) < 4.78 is 41.0. The third-order valence-corrected chi connectivity index (χ3v) is 5.61. The summed E-state index contributed by atoms with van der Waals surface area (Å²) in [6.07, 6.45) is 1.03. The number of halogens is 3. The van der Waals surface area contributed by atoms with Gasteiger partial charge in [-0.15, -0.1) is 11.3 Å². The van der Waals surface area contributed by atoms with E-state index in [0.717, 1.165) is 18.2 Å². The lowest BCUT2D eigenvalue weighted by molar-refractivity contribution is -0.137. The first kappa shape index (κ1) is 23.9. The zero-order chi connectivity index (χ0) is 25.0. The van der Waals surface area contributed by atoms with Crippen LogP contribution in [0, 0.1) is 0 Å². The molecule has 0 atom stereocenters. The van der Waals surface area contributed by atoms with E-state index in [9.17, 15) is 22.8 Å². The Morgan fingerprint density at radius 3 is 2.54 bits per heavy atom. The van der Waals surface area contributed by atoms with Gasteiger partial charge in [-0.25, -0.2) is 9.67 Å². The maximum atomic E-state index is 13.2. The van der Waals surface area contributed by atoms with E-state index in [1.807, 2.05) is 6.07 Å². The van der Waals surface area contributed by atoms with Gasteiger partial charge >= 0.3 is 6.18 Å². The fraction of sp³-hybridized carbons (Fsp3) is 0.0833. The van der Waals surface area contributed by atoms with Crippen molar-refractivity contribution in [3.63, 3.8) is 0 Å². The SMILES string of the molecule is CC(=O)N(c1ccccc1)c1nc(/C=C/C(=O)Nc2cc(C(F)(F)F)ccc2-n2cccn2)cs1. The number of rotatable bonds is 6. The number of anilines is 3. The van der Waals surface area contributed by atoms with Crippen LogP contribution in [0.4, 0.5) is 29.7 Å². The first-order valence-electron chi connectivity index (χ1n) is 10.2. The van der Waals surface area contributed by atoms with Gasteiger partial charge in [0.15, 0.2) is 5.13 Å². The van der Waals surface area contributed by atoms with Gasteiger partial charge in [0.2, 0.25) is 11.8 Å². The Kier molecular flexibility index (Phi) is 6.78. The highest BCUT2D eigenvalue weighted by atomic mass is 32.1. The molecule has 2 aromatic heterocycles. The molecule has 0 saturated carbocycles. The van der Waals surface area contributed by atoms with Crippen LogP contribution in [-0.4, -0.2) is 26.6 Å². The van der Waals surface area contributed by atoms with Crippen LogP contribution in [0.1, 0.15) is 18.2 Å². The van der Waals surface area contributed by atoms with Crippen LogP contribution in [0.5, 0.6) is 0 Å². The molecule has 0 saturated heterocycles. The van der Waals surface area contributed by atoms with Gasteiger partial charge in [-0.05, 0) is 42.5 Å². The van der Waals surface area contributed by atoms with Crippen LogP contribution in [0.15, 0.2) is 78.4 Å². The number of thiazole rings is 1. The number of alkyl halides is 3. The number of nitrogens with zero attached hydrogens (tertiary/aromatic N) is 4. The van der Waals surface area contributed by atoms with Crippen molar-refractivity contribution in [2.24, 2.45) is 0 Å². The number of nitrogens with one attached hydrogen (secondary N) is 1. The molecule has 7 nitrogen and oxygen atoms in total. The Hall–Kier alpha value is -4.25. The molecule has 0 unspecified atom stereocenters. The maximum absolute atomic E-state index is 13.2. The van der Waals surface area contributed by atoms with E-state index >= 15 is 0 Å². The van der Waals surface area contributed by atoms with Crippen LogP contribution >= 0.6 is 11.3 Å². The van der Waals surface area contributed by atoms with E-state index in [-0.39, 0.29) is 17.3 Å². The summed E-state index contributed by atoms with van der Waals surface area (Å²) in [6, 6.07) is 13.6. The molecule has 11 heteroatoms. The average Bonchev–Trinajstić information content (AvgIpc) is 3.50. The molecule has 4 aromatic rings. The second kappa shape index (κ2) is 9.94. The van der Waals surface area contributed by atoms with Crippen molar-refractivity contribution in [2.45, 2.75) is 13.1 Å². The van der Waals surface area contributed by atoms with Crippen molar-refractivity contribution in [3.05, 3.63) is 89.7 Å². The van der Waals surface area contributed by atoms with Crippen molar-refractivity contribution in [3.8, 4) is 5.69 Å². The summed E-state index contributed by atoms with van der Waals surface area (Å²) in [5.41, 5.74) is 0.392. The number of hydrogen-bond donors (Lipinski definition) is 1. The van der Waals surface area contributed by atoms with Crippen molar-refractivity contribution in [1.29, 1.82) is 0 Å². The first-order valence-corrected chi connectivity index (χ1v) is 11.1. The molecule has 0 bridgehead atoms. The quantitative estimate of drug-likeness (QED) is 0.348. The average molecular weight is 498 g/mol. The molecule has 0 radical (unpaired) electrons. The zero-order valence-electron chi connectivity index (χ0n) is 18.2. The monoisotopic (exact) mass is 497 g/mol. The topological polar surface area (TPSA) is 80.1 Å². The highest BCUT2D eigenvalue weighted by molar-refractivity contribution is 7.14. The fourth-order valence-corrected chi connectivity index (χ4v) is 4.07. The third kappa shape index (κ3) is 5.64. The van der Waals surface area contributed by atoms with Crippen LogP contribution in [0.2, 0.25) is 0 Å². The largest absolute Gasteiger partial charge is 0.416 e. The lowest BCUT2D eigenvalue weighted by Gasteiger charge is -2.17. The van der Waals surface area contributed by atoms with Gasteiger partial charge in [0, 0.05) is 30.8 Å². The van der Waals surface area contributed by atoms with Gasteiger partial charge in [0.05, 0.1) is 28.3 Å². The molecule has 2 amide bonds. The summed E-state index contributed by atoms with van der Waals surface area (Å²) >= 11 is 1.22. The number of carbonyl (C=O) groups is 2. The number of carbonyl (C=O) groups excluding carboxylic acids is 2. The lowest BCUT2D eigenvalue weighted by atomic mass is 10.1. The van der Waals surface area contributed by atoms with E-state index in [2.05, 4.69) is 15.4 Å². The van der Waals surface area contributed by atoms with E-state index in [0.29, 0.717) is 16.5 Å². The van der Waals surface area contributed by atoms with Gasteiger partial charge in [0.1, 0.15) is 0 Å². The molecule has 1 N–H and O–H groups in total. The van der Waals surface area contributed by atoms with E-state index in [1.54, 1.807) is 41.9 Å². The second-order valence-corrected chi connectivity index (χ2v) is 8.08. The van der Waals surface area contributed by atoms with E-state index < -0.39 is 17.6 Å². The van der Waals surface area contributed by atoms with Gasteiger partial charge in [-0.3, -0.25) is 14.5 Å². The number of hydrogen-bond acceptors (Lipinski definition) is 5. The van der Waals surface area contributed by atoms with Crippen molar-refractivity contribution in [1.82, 2.24) is 14.8 Å². The number of aromatic nitrogens is 3. The highest BCUT2D eigenvalue weighted by Crippen LogP contribution is 2.33. The molecule has 35 heavy (non-hydrogen) atoms. The van der Waals surface area contributed by atoms with Crippen LogP contribution in [-0.2, 0) is 15.8 Å². The van der Waals surface area contributed by atoms with E-state index in [1.165, 1.54) is 46.2 Å². The normalized spacial score (nSPS) is 11.5. The number of para-hydroxylation sites is 1. The van der Waals surface area contributed by atoms with Gasteiger partial charge < -0.3 is 5.32 Å². The Bertz CT molecular complexity index is 1370. The Morgan fingerprint density at radius 1 is 1.11 bits per heavy atom. The Balaban J connectivity index is 1.55. The fourth-order valence-electron chi connectivity index (χ4n) is 3.22. The molecule has 2 heterocycles. The van der Waals surface area contributed by atoms with Crippen LogP contribution in [0.25, 0.3) is 11.8 Å². The molecular formula is C24H18F3N5O2S. The second-order valence-electron chi connectivity index (χ2n) is 7.25. The van der Waals surface area contributed by atoms with Crippen molar-refractivity contribution in [2.75, 3.05) is 10.2 Å². The molecule has 0 spiro atoms. The smallest absolute Gasteiger partial charge is 0.321 e. The molecule has 2 aromatic carbocycles. The predicted molar refractivity (Wildman–Crippen MR) is 128 cm³/mol. The predicted octanol–water partition coefficient (Wildman–Crippen LogP) is 5.68. The molecule has 178 valence electrons. The molecule has 0 aliphatic rings. The Morgan fingerprint density at radius 2 is 1.89 bits per heavy atom. The molecule has 0 fully saturated rings. The Labute approximate surface area is 202 Å². The lowest BCUT2D eigenvalue weighted by Crippen LogP contribution is -2.22. The standard InChI is InChI=1S/C24H18F3N5O2S/c1-16(33)32(19-6-3-2-4-7-19)23-29-18(15-35-23)9-11-22(34)30-20-14-17(24(25,26)27)8-10-21(20)31-13-5-12-28-31/h2-15H,1H3,(H,30,34)/b11-9+. The van der Waals surface area contributed by atoms with Crippen LogP contribution < -0.4 is 10.2 Å². The molecule has 0 aliphatic heterocycles. The molecule has 0 aliphatic carbocycles. The number of amides is 2. The van der Waals surface area contributed by atoms with Gasteiger partial charge in [0.25, 0.3) is 0 Å². The third-order valence-electron chi connectivity index (χ3n) is 4.77. The summed E-state index contributed by atoms with van der Waals surface area (Å²) in [5.74, 6) is -0.881. The molecular weight excluding hydrogens is 479 g/mol. The summed E-state index contributed by atoms with van der Waals surface area (Å²) in [7, 11) is 0. The van der Waals surface area contributed by atoms with Gasteiger partial charge in [-0.2, -0.15) is 18.3 Å². The van der Waals surface area contributed by atoms with Crippen LogP contribution in [0.3, 0.4) is 0 Å². The summed E-state index contributed by atoms with van der Waals surface area (Å²) in [5, 5.41) is 8.59. The molecule has 4 rings (SSSR count). The summed E-state index contributed by atoms with van der Waals surface area (Å²) in [6.45, 7) is 1.42. The van der Waals surface area contributed by atoms with Gasteiger partial charge in [-0.1, -0.05) is 18.2 Å². The zero-order valence-corrected chi connectivity index (χ0v) is 19.0. The minimum atomic E-state index is -4.57. The summed E-state index contributed by atoms with van der Waals surface area (Å²) in [4.78, 5) is 30.5. The minimum absolute atomic E-state index is 0.0519. The van der Waals surface area contributed by atoms with Crippen molar-refractivity contribution >= 4 is 45.7 Å².